The van der Waals surface area contributed by atoms with E-state index in [2.05, 4.69) is 5.32 Å². The molecule has 0 radical (unpaired) electrons. The molecule has 0 aromatic rings. The van der Waals surface area contributed by atoms with Crippen molar-refractivity contribution in [3.05, 3.63) is 0 Å². The fraction of sp³-hybridized carbons (Fsp3) is 0.857. The molecule has 2 aliphatic rings. The van der Waals surface area contributed by atoms with Gasteiger partial charge in [0.25, 0.3) is 0 Å². The van der Waals surface area contributed by atoms with Crippen LogP contribution in [0.3, 0.4) is 0 Å². The molecule has 120 valence electrons. The number of aliphatic carboxylic acids is 1. The molecule has 2 amide bonds. The van der Waals surface area contributed by atoms with Gasteiger partial charge < -0.3 is 15.2 Å². The molecule has 1 saturated heterocycles. The molecule has 1 saturated carbocycles. The zero-order valence-corrected chi connectivity index (χ0v) is 13.4. The number of hydrogen-bond acceptors (Lipinski definition) is 4. The van der Waals surface area contributed by atoms with Crippen molar-refractivity contribution in [3.63, 3.8) is 0 Å². The number of rotatable bonds is 7. The molecule has 1 aliphatic heterocycles. The van der Waals surface area contributed by atoms with Crippen LogP contribution >= 0.6 is 11.8 Å². The zero-order chi connectivity index (χ0) is 15.4. The molecular formula is C14H24N2O4S. The fourth-order valence-electron chi connectivity index (χ4n) is 2.34. The summed E-state index contributed by atoms with van der Waals surface area (Å²) in [6.07, 6.45) is 2.49. The van der Waals surface area contributed by atoms with Gasteiger partial charge in [0.05, 0.1) is 12.0 Å². The standard InChI is InChI=1S/C14H24N2O4S/c1-9(2)12-16(11(8-21-12)13(17)18)14(19)15-5-6-20-7-10-3-4-10/h9-12H,3-8H2,1-2H3,(H,15,19)(H,17,18). The summed E-state index contributed by atoms with van der Waals surface area (Å²) in [4.78, 5) is 25.0. The van der Waals surface area contributed by atoms with Gasteiger partial charge in [-0.05, 0) is 24.7 Å². The number of thioether (sulfide) groups is 1. The van der Waals surface area contributed by atoms with Gasteiger partial charge in [0, 0.05) is 18.9 Å². The largest absolute Gasteiger partial charge is 0.480 e. The van der Waals surface area contributed by atoms with Crippen molar-refractivity contribution in [1.82, 2.24) is 10.2 Å². The van der Waals surface area contributed by atoms with E-state index in [-0.39, 0.29) is 17.3 Å². The molecule has 2 atom stereocenters. The summed E-state index contributed by atoms with van der Waals surface area (Å²) in [5.74, 6) is 0.434. The van der Waals surface area contributed by atoms with Gasteiger partial charge in [0.15, 0.2) is 0 Å². The molecule has 0 spiro atoms. The Hall–Kier alpha value is -0.950. The Kier molecular flexibility index (Phi) is 5.75. The fourth-order valence-corrected chi connectivity index (χ4v) is 3.82. The molecular weight excluding hydrogens is 292 g/mol. The molecule has 2 unspecified atom stereocenters. The number of carbonyl (C=O) groups is 2. The van der Waals surface area contributed by atoms with Crippen LogP contribution in [-0.4, -0.2) is 58.9 Å². The molecule has 7 heteroatoms. The van der Waals surface area contributed by atoms with E-state index in [0.717, 1.165) is 6.61 Å². The van der Waals surface area contributed by atoms with Gasteiger partial charge in [0.2, 0.25) is 0 Å². The number of urea groups is 1. The first-order valence-corrected chi connectivity index (χ1v) is 8.54. The van der Waals surface area contributed by atoms with E-state index in [1.807, 2.05) is 13.8 Å². The van der Waals surface area contributed by atoms with E-state index in [9.17, 15) is 14.7 Å². The van der Waals surface area contributed by atoms with Gasteiger partial charge in [-0.25, -0.2) is 9.59 Å². The van der Waals surface area contributed by atoms with Gasteiger partial charge >= 0.3 is 12.0 Å². The molecule has 2 rings (SSSR count). The first-order valence-electron chi connectivity index (χ1n) is 7.49. The van der Waals surface area contributed by atoms with Crippen LogP contribution in [0.4, 0.5) is 4.79 Å². The normalized spacial score (nSPS) is 25.4. The predicted molar refractivity (Wildman–Crippen MR) is 81.3 cm³/mol. The summed E-state index contributed by atoms with van der Waals surface area (Å²) in [6.45, 7) is 5.67. The lowest BCUT2D eigenvalue weighted by Crippen LogP contribution is -2.51. The van der Waals surface area contributed by atoms with Crippen molar-refractivity contribution in [2.75, 3.05) is 25.5 Å². The number of ether oxygens (including phenoxy) is 1. The maximum absolute atomic E-state index is 12.3. The Bertz CT molecular complexity index is 387. The lowest BCUT2D eigenvalue weighted by molar-refractivity contribution is -0.141. The molecule has 1 heterocycles. The minimum absolute atomic E-state index is 0.0847. The summed E-state index contributed by atoms with van der Waals surface area (Å²) < 4.78 is 5.46. The maximum Gasteiger partial charge on any atom is 0.327 e. The number of nitrogens with zero attached hydrogens (tertiary/aromatic N) is 1. The third-order valence-corrected chi connectivity index (χ3v) is 5.32. The molecule has 0 aromatic heterocycles. The molecule has 6 nitrogen and oxygen atoms in total. The Balaban J connectivity index is 1.79. The van der Waals surface area contributed by atoms with Gasteiger partial charge in [-0.1, -0.05) is 13.8 Å². The van der Waals surface area contributed by atoms with Crippen molar-refractivity contribution in [3.8, 4) is 0 Å². The lowest BCUT2D eigenvalue weighted by Gasteiger charge is -2.29. The maximum atomic E-state index is 12.3. The number of hydrogen-bond donors (Lipinski definition) is 2. The SMILES string of the molecule is CC(C)C1SCC(C(=O)O)N1C(=O)NCCOCC1CC1. The zero-order valence-electron chi connectivity index (χ0n) is 12.6. The Morgan fingerprint density at radius 3 is 2.71 bits per heavy atom. The molecule has 21 heavy (non-hydrogen) atoms. The predicted octanol–water partition coefficient (Wildman–Crippen LogP) is 1.61. The van der Waals surface area contributed by atoms with E-state index in [1.165, 1.54) is 29.5 Å². The first kappa shape index (κ1) is 16.4. The highest BCUT2D eigenvalue weighted by Crippen LogP contribution is 2.34. The van der Waals surface area contributed by atoms with E-state index in [4.69, 9.17) is 4.74 Å². The number of nitrogens with one attached hydrogen (secondary N) is 1. The van der Waals surface area contributed by atoms with Crippen LogP contribution in [0.15, 0.2) is 0 Å². The number of amides is 2. The van der Waals surface area contributed by atoms with E-state index in [0.29, 0.717) is 24.8 Å². The van der Waals surface area contributed by atoms with E-state index in [1.54, 1.807) is 0 Å². The number of carboxylic acid groups (broad SMARTS) is 1. The Morgan fingerprint density at radius 2 is 2.14 bits per heavy atom. The Morgan fingerprint density at radius 1 is 1.43 bits per heavy atom. The van der Waals surface area contributed by atoms with Crippen molar-refractivity contribution in [2.45, 2.75) is 38.1 Å². The molecule has 2 N–H and O–H groups in total. The van der Waals surface area contributed by atoms with Crippen LogP contribution in [0.1, 0.15) is 26.7 Å². The lowest BCUT2D eigenvalue weighted by atomic mass is 10.2. The van der Waals surface area contributed by atoms with Crippen LogP contribution in [0.5, 0.6) is 0 Å². The van der Waals surface area contributed by atoms with Crippen molar-refractivity contribution < 1.29 is 19.4 Å². The third kappa shape index (κ3) is 4.51. The van der Waals surface area contributed by atoms with Gasteiger partial charge in [-0.15, -0.1) is 11.8 Å². The average Bonchev–Trinajstić information content (AvgIpc) is 3.12. The number of carbonyl (C=O) groups excluding carboxylic acids is 1. The second-order valence-corrected chi connectivity index (χ2v) is 7.13. The van der Waals surface area contributed by atoms with Crippen LogP contribution < -0.4 is 5.32 Å². The topological polar surface area (TPSA) is 78.9 Å². The smallest absolute Gasteiger partial charge is 0.327 e. The second kappa shape index (κ2) is 7.35. The highest BCUT2D eigenvalue weighted by molar-refractivity contribution is 8.00. The first-order chi connectivity index (χ1) is 10.0. The van der Waals surface area contributed by atoms with E-state index >= 15 is 0 Å². The number of carboxylic acids is 1. The second-order valence-electron chi connectivity index (χ2n) is 5.98. The summed E-state index contributed by atoms with van der Waals surface area (Å²) >= 11 is 1.53. The van der Waals surface area contributed by atoms with Crippen LogP contribution in [0.25, 0.3) is 0 Å². The minimum Gasteiger partial charge on any atom is -0.480 e. The minimum atomic E-state index is -0.939. The van der Waals surface area contributed by atoms with Gasteiger partial charge in [0.1, 0.15) is 6.04 Å². The molecule has 2 fully saturated rings. The van der Waals surface area contributed by atoms with E-state index < -0.39 is 12.0 Å². The van der Waals surface area contributed by atoms with Crippen molar-refractivity contribution in [1.29, 1.82) is 0 Å². The third-order valence-electron chi connectivity index (χ3n) is 3.70. The van der Waals surface area contributed by atoms with Crippen LogP contribution in [-0.2, 0) is 9.53 Å². The quantitative estimate of drug-likeness (QED) is 0.698. The highest BCUT2D eigenvalue weighted by Gasteiger charge is 2.42. The summed E-state index contributed by atoms with van der Waals surface area (Å²) in [6, 6.07) is -1.05. The highest BCUT2D eigenvalue weighted by atomic mass is 32.2. The summed E-state index contributed by atoms with van der Waals surface area (Å²) in [5, 5.41) is 11.9. The molecule has 0 aromatic carbocycles. The summed E-state index contributed by atoms with van der Waals surface area (Å²) in [7, 11) is 0. The Labute approximate surface area is 129 Å². The van der Waals surface area contributed by atoms with Gasteiger partial charge in [-0.3, -0.25) is 4.90 Å². The van der Waals surface area contributed by atoms with Gasteiger partial charge in [-0.2, -0.15) is 0 Å². The van der Waals surface area contributed by atoms with Crippen LogP contribution in [0.2, 0.25) is 0 Å². The monoisotopic (exact) mass is 316 g/mol. The summed E-state index contributed by atoms with van der Waals surface area (Å²) in [5.41, 5.74) is 0. The average molecular weight is 316 g/mol. The van der Waals surface area contributed by atoms with Crippen molar-refractivity contribution in [2.24, 2.45) is 11.8 Å². The van der Waals surface area contributed by atoms with Crippen LogP contribution in [0, 0.1) is 11.8 Å². The molecule has 0 bridgehead atoms. The van der Waals surface area contributed by atoms with Crippen molar-refractivity contribution >= 4 is 23.8 Å². The molecule has 1 aliphatic carbocycles.